The van der Waals surface area contributed by atoms with E-state index in [0.717, 1.165) is 22.3 Å². The van der Waals surface area contributed by atoms with Crippen molar-refractivity contribution in [2.24, 2.45) is 0 Å². The number of ether oxygens (including phenoxy) is 4. The topological polar surface area (TPSA) is 54.0 Å². The summed E-state index contributed by atoms with van der Waals surface area (Å²) in [5.74, 6) is 2.35. The van der Waals surface area contributed by atoms with Crippen LogP contribution in [-0.4, -0.2) is 34.2 Å². The number of ketones is 1. The van der Waals surface area contributed by atoms with Crippen LogP contribution in [0.1, 0.15) is 23.1 Å². The van der Waals surface area contributed by atoms with Crippen LogP contribution in [0.25, 0.3) is 5.57 Å². The van der Waals surface area contributed by atoms with Crippen LogP contribution in [0.2, 0.25) is 0 Å². The average Bonchev–Trinajstić information content (AvgIpc) is 2.84. The third kappa shape index (κ3) is 4.03. The fourth-order valence-corrected chi connectivity index (χ4v) is 3.21. The van der Waals surface area contributed by atoms with Crippen LogP contribution in [-0.2, 0) is 32.3 Å². The van der Waals surface area contributed by atoms with Gasteiger partial charge in [-0.1, -0.05) is 11.6 Å². The molecule has 2 aromatic carbocycles. The first-order valence-corrected chi connectivity index (χ1v) is 8.23. The van der Waals surface area contributed by atoms with Gasteiger partial charge in [0.15, 0.2) is 11.5 Å². The average molecular weight is 537 g/mol. The SMILES string of the molecule is COc1[c-]cc(C2=CCC(=O)Cc3c2cc(OC)c(OC)c3OC)cc1.[W]. The maximum Gasteiger partial charge on any atom is 0.203 e. The van der Waals surface area contributed by atoms with Gasteiger partial charge < -0.3 is 18.9 Å². The van der Waals surface area contributed by atoms with E-state index >= 15 is 0 Å². The van der Waals surface area contributed by atoms with Gasteiger partial charge in [-0.3, -0.25) is 4.79 Å². The Morgan fingerprint density at radius 2 is 1.70 bits per heavy atom. The van der Waals surface area contributed by atoms with Crippen LogP contribution in [0, 0.1) is 6.07 Å². The predicted molar refractivity (Wildman–Crippen MR) is 98.3 cm³/mol. The summed E-state index contributed by atoms with van der Waals surface area (Å²) in [7, 11) is 6.31. The molecule has 2 aromatic rings. The van der Waals surface area contributed by atoms with Crippen molar-refractivity contribution in [2.45, 2.75) is 12.8 Å². The van der Waals surface area contributed by atoms with Gasteiger partial charge in [-0.15, -0.1) is 17.7 Å². The maximum atomic E-state index is 12.3. The molecule has 0 atom stereocenters. The molecule has 0 aromatic heterocycles. The summed E-state index contributed by atoms with van der Waals surface area (Å²) in [6.07, 6.45) is 2.57. The molecule has 142 valence electrons. The minimum absolute atomic E-state index is 0. The molecule has 0 heterocycles. The van der Waals surface area contributed by atoms with Crippen LogP contribution >= 0.6 is 0 Å². The Morgan fingerprint density at radius 3 is 2.26 bits per heavy atom. The van der Waals surface area contributed by atoms with Gasteiger partial charge in [-0.25, -0.2) is 0 Å². The van der Waals surface area contributed by atoms with Crippen LogP contribution in [0.5, 0.6) is 23.0 Å². The molecule has 5 nitrogen and oxygen atoms in total. The molecule has 0 fully saturated rings. The Morgan fingerprint density at radius 1 is 0.963 bits per heavy atom. The second-order valence-electron chi connectivity index (χ2n) is 5.85. The number of hydrogen-bond acceptors (Lipinski definition) is 5. The van der Waals surface area contributed by atoms with Crippen molar-refractivity contribution in [1.82, 2.24) is 0 Å². The van der Waals surface area contributed by atoms with Gasteiger partial charge in [0.1, 0.15) is 5.78 Å². The Hall–Kier alpha value is -2.26. The number of fused-ring (bicyclic) bond motifs is 1. The largest absolute Gasteiger partial charge is 0.523 e. The second-order valence-corrected chi connectivity index (χ2v) is 5.85. The summed E-state index contributed by atoms with van der Waals surface area (Å²) in [5.41, 5.74) is 3.57. The molecule has 0 aliphatic heterocycles. The van der Waals surface area contributed by atoms with E-state index in [0.29, 0.717) is 29.4 Å². The summed E-state index contributed by atoms with van der Waals surface area (Å²) >= 11 is 0. The van der Waals surface area contributed by atoms with E-state index in [-0.39, 0.29) is 33.3 Å². The van der Waals surface area contributed by atoms with E-state index in [4.69, 9.17) is 18.9 Å². The number of benzene rings is 2. The van der Waals surface area contributed by atoms with E-state index in [2.05, 4.69) is 6.07 Å². The van der Waals surface area contributed by atoms with E-state index < -0.39 is 0 Å². The first kappa shape index (κ1) is 21.0. The van der Waals surface area contributed by atoms with Crippen molar-refractivity contribution < 1.29 is 44.8 Å². The summed E-state index contributed by atoms with van der Waals surface area (Å²) in [4.78, 5) is 12.3. The van der Waals surface area contributed by atoms with Gasteiger partial charge >= 0.3 is 0 Å². The minimum Gasteiger partial charge on any atom is -0.523 e. The number of carbonyl (C=O) groups excluding carboxylic acids is 1. The number of Topliss-reactive ketones (excluding diaryl/α,β-unsaturated/α-hetero) is 1. The monoisotopic (exact) mass is 537 g/mol. The standard InChI is InChI=1S/C21H21O5.W/c1-23-15-8-5-13(6-9-15)16-10-7-14(22)11-18-17(16)12-19(24-2)21(26-4)20(18)25-3;/h5-6,8,10,12H,7,11H2,1-4H3;/q-1;. The van der Waals surface area contributed by atoms with Crippen molar-refractivity contribution >= 4 is 11.4 Å². The molecule has 0 spiro atoms. The van der Waals surface area contributed by atoms with Crippen LogP contribution in [0.3, 0.4) is 0 Å². The summed E-state index contributed by atoms with van der Waals surface area (Å²) in [6.45, 7) is 0. The van der Waals surface area contributed by atoms with E-state index in [1.54, 1.807) is 28.4 Å². The molecule has 27 heavy (non-hydrogen) atoms. The van der Waals surface area contributed by atoms with Crippen molar-refractivity contribution in [1.29, 1.82) is 0 Å². The van der Waals surface area contributed by atoms with Crippen LogP contribution < -0.4 is 18.9 Å². The van der Waals surface area contributed by atoms with Crippen molar-refractivity contribution in [3.05, 3.63) is 53.1 Å². The second kappa shape index (κ2) is 9.09. The number of carbonyl (C=O) groups is 1. The van der Waals surface area contributed by atoms with Crippen molar-refractivity contribution in [3.63, 3.8) is 0 Å². The maximum absolute atomic E-state index is 12.3. The van der Waals surface area contributed by atoms with Gasteiger partial charge in [0.05, 0.1) is 28.4 Å². The fraction of sp³-hybridized carbons (Fsp3) is 0.286. The van der Waals surface area contributed by atoms with E-state index in [1.165, 1.54) is 0 Å². The first-order chi connectivity index (χ1) is 12.6. The molecular formula is C21H21O5W-. The summed E-state index contributed by atoms with van der Waals surface area (Å²) in [6, 6.07) is 10.6. The number of rotatable bonds is 5. The fourth-order valence-electron chi connectivity index (χ4n) is 3.21. The third-order valence-electron chi connectivity index (χ3n) is 4.45. The van der Waals surface area contributed by atoms with Gasteiger partial charge in [-0.05, 0) is 11.6 Å². The molecule has 1 aliphatic carbocycles. The van der Waals surface area contributed by atoms with Gasteiger partial charge in [0, 0.05) is 45.2 Å². The third-order valence-corrected chi connectivity index (χ3v) is 4.45. The van der Waals surface area contributed by atoms with Crippen LogP contribution in [0.15, 0.2) is 30.3 Å². The van der Waals surface area contributed by atoms with E-state index in [9.17, 15) is 4.79 Å². The Bertz CT molecular complexity index is 856. The molecule has 0 amide bonds. The van der Waals surface area contributed by atoms with Crippen LogP contribution in [0.4, 0.5) is 0 Å². The Balaban J connectivity index is 0.00000261. The molecule has 6 heteroatoms. The van der Waals surface area contributed by atoms with E-state index in [1.807, 2.05) is 30.3 Å². The minimum atomic E-state index is 0. The Kier molecular flexibility index (Phi) is 7.09. The Labute approximate surface area is 173 Å². The zero-order valence-corrected chi connectivity index (χ0v) is 18.7. The van der Waals surface area contributed by atoms with Gasteiger partial charge in [0.2, 0.25) is 5.75 Å². The smallest absolute Gasteiger partial charge is 0.203 e. The van der Waals surface area contributed by atoms with Gasteiger partial charge in [-0.2, -0.15) is 12.1 Å². The molecule has 0 bridgehead atoms. The quantitative estimate of drug-likeness (QED) is 0.548. The molecular weight excluding hydrogens is 516 g/mol. The summed E-state index contributed by atoms with van der Waals surface area (Å²) in [5, 5.41) is 0. The number of methoxy groups -OCH3 is 4. The molecule has 0 unspecified atom stereocenters. The molecule has 0 N–H and O–H groups in total. The molecule has 0 saturated heterocycles. The predicted octanol–water partition coefficient (Wildman–Crippen LogP) is 3.47. The van der Waals surface area contributed by atoms with Crippen molar-refractivity contribution in [3.8, 4) is 23.0 Å². The zero-order valence-electron chi connectivity index (χ0n) is 15.8. The molecule has 3 rings (SSSR count). The molecule has 0 saturated carbocycles. The van der Waals surface area contributed by atoms with Crippen molar-refractivity contribution in [2.75, 3.05) is 28.4 Å². The normalized spacial score (nSPS) is 12.9. The number of allylic oxidation sites excluding steroid dienone is 1. The zero-order chi connectivity index (χ0) is 18.7. The molecule has 1 aliphatic rings. The first-order valence-electron chi connectivity index (χ1n) is 8.23. The number of hydrogen-bond donors (Lipinski definition) is 0. The molecule has 0 radical (unpaired) electrons. The van der Waals surface area contributed by atoms with Gasteiger partial charge in [0.25, 0.3) is 0 Å². The summed E-state index contributed by atoms with van der Waals surface area (Å²) < 4.78 is 21.7.